The largest absolute Gasteiger partial charge is 0.342 e. The van der Waals surface area contributed by atoms with Gasteiger partial charge in [0.15, 0.2) is 0 Å². The maximum atomic E-state index is 12.1. The van der Waals surface area contributed by atoms with Gasteiger partial charge in [-0.3, -0.25) is 9.78 Å². The highest BCUT2D eigenvalue weighted by atomic mass is 35.5. The van der Waals surface area contributed by atoms with E-state index in [-0.39, 0.29) is 23.7 Å². The number of rotatable bonds is 3. The van der Waals surface area contributed by atoms with Crippen LogP contribution in [0.25, 0.3) is 0 Å². The van der Waals surface area contributed by atoms with Gasteiger partial charge in [0, 0.05) is 25.5 Å². The molecule has 0 bridgehead atoms. The van der Waals surface area contributed by atoms with Gasteiger partial charge in [-0.2, -0.15) is 0 Å². The second-order valence-electron chi connectivity index (χ2n) is 5.12. The number of nitrogens with two attached hydrogens (primary N) is 1. The molecule has 1 aromatic rings. The Kier molecular flexibility index (Phi) is 5.11. The first kappa shape index (κ1) is 14.9. The van der Waals surface area contributed by atoms with Gasteiger partial charge in [0.1, 0.15) is 0 Å². The first-order chi connectivity index (χ1) is 8.13. The summed E-state index contributed by atoms with van der Waals surface area (Å²) in [6.45, 7) is 4.39. The SMILES string of the molecule is CC1(CN)CCN(C(=O)Cc2cccnc2)C1.Cl. The molecular formula is C13H20ClN3O. The molecule has 1 aromatic heterocycles. The van der Waals surface area contributed by atoms with Gasteiger partial charge in [0.05, 0.1) is 6.42 Å². The molecular weight excluding hydrogens is 250 g/mol. The Bertz CT molecular complexity index is 398. The third-order valence-corrected chi connectivity index (χ3v) is 3.48. The quantitative estimate of drug-likeness (QED) is 0.898. The molecule has 1 atom stereocenters. The van der Waals surface area contributed by atoms with Crippen molar-refractivity contribution < 1.29 is 4.79 Å². The number of pyridine rings is 1. The number of aromatic nitrogens is 1. The minimum Gasteiger partial charge on any atom is -0.342 e. The Morgan fingerprint density at radius 3 is 2.94 bits per heavy atom. The third kappa shape index (κ3) is 3.43. The van der Waals surface area contributed by atoms with Crippen LogP contribution in [-0.4, -0.2) is 35.4 Å². The summed E-state index contributed by atoms with van der Waals surface area (Å²) in [7, 11) is 0. The van der Waals surface area contributed by atoms with Gasteiger partial charge >= 0.3 is 0 Å². The molecule has 1 aliphatic heterocycles. The Hall–Kier alpha value is -1.13. The molecule has 100 valence electrons. The molecule has 2 rings (SSSR count). The van der Waals surface area contributed by atoms with Crippen LogP contribution in [-0.2, 0) is 11.2 Å². The van der Waals surface area contributed by atoms with Crippen LogP contribution in [0.3, 0.4) is 0 Å². The van der Waals surface area contributed by atoms with Crippen LogP contribution in [0.1, 0.15) is 18.9 Å². The Labute approximate surface area is 114 Å². The molecule has 2 N–H and O–H groups in total. The van der Waals surface area contributed by atoms with E-state index in [9.17, 15) is 4.79 Å². The molecule has 0 aliphatic carbocycles. The summed E-state index contributed by atoms with van der Waals surface area (Å²) in [5, 5.41) is 0. The predicted molar refractivity (Wildman–Crippen MR) is 73.5 cm³/mol. The van der Waals surface area contributed by atoms with Crippen molar-refractivity contribution in [1.82, 2.24) is 9.88 Å². The first-order valence-corrected chi connectivity index (χ1v) is 6.00. The number of hydrogen-bond donors (Lipinski definition) is 1. The summed E-state index contributed by atoms with van der Waals surface area (Å²) < 4.78 is 0. The van der Waals surface area contributed by atoms with Crippen LogP contribution in [0.4, 0.5) is 0 Å². The van der Waals surface area contributed by atoms with E-state index in [1.165, 1.54) is 0 Å². The van der Waals surface area contributed by atoms with Gasteiger partial charge < -0.3 is 10.6 Å². The van der Waals surface area contributed by atoms with E-state index in [2.05, 4.69) is 11.9 Å². The maximum absolute atomic E-state index is 12.1. The number of hydrogen-bond acceptors (Lipinski definition) is 3. The van der Waals surface area contributed by atoms with E-state index in [0.717, 1.165) is 25.1 Å². The summed E-state index contributed by atoms with van der Waals surface area (Å²) in [4.78, 5) is 18.0. The van der Waals surface area contributed by atoms with Crippen LogP contribution >= 0.6 is 12.4 Å². The van der Waals surface area contributed by atoms with Crippen molar-refractivity contribution >= 4 is 18.3 Å². The highest BCUT2D eigenvalue weighted by Gasteiger charge is 2.34. The average Bonchev–Trinajstić information content (AvgIpc) is 2.74. The second kappa shape index (κ2) is 6.16. The molecule has 0 saturated carbocycles. The molecule has 1 amide bonds. The predicted octanol–water partition coefficient (Wildman–Crippen LogP) is 1.24. The lowest BCUT2D eigenvalue weighted by atomic mass is 9.90. The molecule has 1 aliphatic rings. The molecule has 5 heteroatoms. The lowest BCUT2D eigenvalue weighted by Crippen LogP contribution is -2.35. The van der Waals surface area contributed by atoms with Crippen LogP contribution in [0.5, 0.6) is 0 Å². The van der Waals surface area contributed by atoms with E-state index < -0.39 is 0 Å². The van der Waals surface area contributed by atoms with Crippen LogP contribution < -0.4 is 5.73 Å². The molecule has 1 unspecified atom stereocenters. The zero-order chi connectivity index (χ0) is 12.3. The van der Waals surface area contributed by atoms with Crippen molar-refractivity contribution in [3.05, 3.63) is 30.1 Å². The number of likely N-dealkylation sites (tertiary alicyclic amines) is 1. The molecule has 2 heterocycles. The van der Waals surface area contributed by atoms with Gasteiger partial charge in [-0.15, -0.1) is 12.4 Å². The highest BCUT2D eigenvalue weighted by molar-refractivity contribution is 5.85. The van der Waals surface area contributed by atoms with E-state index in [1.807, 2.05) is 17.0 Å². The van der Waals surface area contributed by atoms with Crippen molar-refractivity contribution in [2.75, 3.05) is 19.6 Å². The zero-order valence-electron chi connectivity index (χ0n) is 10.6. The molecule has 1 saturated heterocycles. The Balaban J connectivity index is 0.00000162. The minimum absolute atomic E-state index is 0. The number of carbonyl (C=O) groups excluding carboxylic acids is 1. The molecule has 1 fully saturated rings. The fraction of sp³-hybridized carbons (Fsp3) is 0.538. The third-order valence-electron chi connectivity index (χ3n) is 3.48. The molecule has 0 spiro atoms. The van der Waals surface area contributed by atoms with E-state index in [1.54, 1.807) is 12.4 Å². The molecule has 18 heavy (non-hydrogen) atoms. The molecule has 0 radical (unpaired) electrons. The number of halogens is 1. The fourth-order valence-corrected chi connectivity index (χ4v) is 2.19. The van der Waals surface area contributed by atoms with Crippen molar-refractivity contribution in [2.45, 2.75) is 19.8 Å². The first-order valence-electron chi connectivity index (χ1n) is 6.00. The monoisotopic (exact) mass is 269 g/mol. The lowest BCUT2D eigenvalue weighted by Gasteiger charge is -2.22. The normalized spacial score (nSPS) is 22.7. The Morgan fingerprint density at radius 1 is 1.61 bits per heavy atom. The van der Waals surface area contributed by atoms with Crippen molar-refractivity contribution in [2.24, 2.45) is 11.1 Å². The van der Waals surface area contributed by atoms with Crippen molar-refractivity contribution in [3.8, 4) is 0 Å². The fourth-order valence-electron chi connectivity index (χ4n) is 2.19. The van der Waals surface area contributed by atoms with E-state index in [0.29, 0.717) is 13.0 Å². The Morgan fingerprint density at radius 2 is 2.39 bits per heavy atom. The summed E-state index contributed by atoms with van der Waals surface area (Å²) in [5.74, 6) is 0.176. The minimum atomic E-state index is 0. The van der Waals surface area contributed by atoms with Crippen LogP contribution in [0.2, 0.25) is 0 Å². The zero-order valence-corrected chi connectivity index (χ0v) is 11.4. The highest BCUT2D eigenvalue weighted by Crippen LogP contribution is 2.28. The maximum Gasteiger partial charge on any atom is 0.227 e. The standard InChI is InChI=1S/C13H19N3O.ClH/c1-13(9-14)4-6-16(10-13)12(17)7-11-3-2-5-15-8-11;/h2-3,5,8H,4,6-7,9-10,14H2,1H3;1H. The topological polar surface area (TPSA) is 59.2 Å². The van der Waals surface area contributed by atoms with Crippen LogP contribution in [0.15, 0.2) is 24.5 Å². The van der Waals surface area contributed by atoms with Crippen LogP contribution in [0, 0.1) is 5.41 Å². The number of carbonyl (C=O) groups is 1. The van der Waals surface area contributed by atoms with Gasteiger partial charge in [0.2, 0.25) is 5.91 Å². The van der Waals surface area contributed by atoms with E-state index in [4.69, 9.17) is 5.73 Å². The van der Waals surface area contributed by atoms with Gasteiger partial charge in [-0.1, -0.05) is 13.0 Å². The van der Waals surface area contributed by atoms with Gasteiger partial charge in [0.25, 0.3) is 0 Å². The summed E-state index contributed by atoms with van der Waals surface area (Å²) in [6, 6.07) is 3.79. The summed E-state index contributed by atoms with van der Waals surface area (Å²) in [5.41, 5.74) is 6.81. The summed E-state index contributed by atoms with van der Waals surface area (Å²) in [6.07, 6.45) is 4.90. The van der Waals surface area contributed by atoms with Gasteiger partial charge in [-0.25, -0.2) is 0 Å². The lowest BCUT2D eigenvalue weighted by molar-refractivity contribution is -0.129. The second-order valence-corrected chi connectivity index (χ2v) is 5.12. The van der Waals surface area contributed by atoms with Crippen molar-refractivity contribution in [3.63, 3.8) is 0 Å². The van der Waals surface area contributed by atoms with Gasteiger partial charge in [-0.05, 0) is 30.0 Å². The smallest absolute Gasteiger partial charge is 0.227 e. The molecule has 0 aromatic carbocycles. The number of nitrogens with zero attached hydrogens (tertiary/aromatic N) is 2. The summed E-state index contributed by atoms with van der Waals surface area (Å²) >= 11 is 0. The average molecular weight is 270 g/mol. The van der Waals surface area contributed by atoms with E-state index >= 15 is 0 Å². The van der Waals surface area contributed by atoms with Crippen molar-refractivity contribution in [1.29, 1.82) is 0 Å². The molecule has 4 nitrogen and oxygen atoms in total. The number of amides is 1.